The molecule has 0 spiro atoms. The predicted octanol–water partition coefficient (Wildman–Crippen LogP) is 4.64. The van der Waals surface area contributed by atoms with Gasteiger partial charge in [0.25, 0.3) is 0 Å². The molecule has 0 fully saturated rings. The van der Waals surface area contributed by atoms with Crippen LogP contribution < -0.4 is 5.32 Å². The lowest BCUT2D eigenvalue weighted by Crippen LogP contribution is -2.52. The molecule has 0 aliphatic rings. The molecule has 0 aromatic heterocycles. The van der Waals surface area contributed by atoms with Gasteiger partial charge in [-0.2, -0.15) is 0 Å². The highest BCUT2D eigenvalue weighted by atomic mass is 35.5. The Morgan fingerprint density at radius 3 is 2.38 bits per heavy atom. The lowest BCUT2D eigenvalue weighted by molar-refractivity contribution is 0.0911. The first-order valence-corrected chi connectivity index (χ1v) is 8.19. The maximum Gasteiger partial charge on any atom is 0.123 e. The highest BCUT2D eigenvalue weighted by Gasteiger charge is 2.35. The summed E-state index contributed by atoms with van der Waals surface area (Å²) in [6.45, 7) is 13.6. The van der Waals surface area contributed by atoms with Crippen LogP contribution in [-0.4, -0.2) is 30.1 Å². The van der Waals surface area contributed by atoms with E-state index in [4.69, 9.17) is 11.6 Å². The SMILES string of the molecule is CCCNC(c1cc(F)ccc1Cl)C(C)(C)N(CC)CC. The van der Waals surface area contributed by atoms with Crippen molar-refractivity contribution in [3.8, 4) is 0 Å². The summed E-state index contributed by atoms with van der Waals surface area (Å²) in [5, 5.41) is 4.17. The van der Waals surface area contributed by atoms with Crippen molar-refractivity contribution in [2.24, 2.45) is 0 Å². The molecule has 4 heteroatoms. The van der Waals surface area contributed by atoms with Gasteiger partial charge in [-0.15, -0.1) is 0 Å². The van der Waals surface area contributed by atoms with Crippen molar-refractivity contribution >= 4 is 11.6 Å². The minimum Gasteiger partial charge on any atom is -0.308 e. The molecule has 1 aromatic rings. The summed E-state index contributed by atoms with van der Waals surface area (Å²) < 4.78 is 13.7. The van der Waals surface area contributed by atoms with Gasteiger partial charge in [0.2, 0.25) is 0 Å². The van der Waals surface area contributed by atoms with Crippen molar-refractivity contribution < 1.29 is 4.39 Å². The zero-order chi connectivity index (χ0) is 16.0. The third-order valence-electron chi connectivity index (χ3n) is 4.15. The summed E-state index contributed by atoms with van der Waals surface area (Å²) in [6, 6.07) is 4.60. The van der Waals surface area contributed by atoms with E-state index in [0.717, 1.165) is 31.6 Å². The molecule has 1 unspecified atom stereocenters. The van der Waals surface area contributed by atoms with Gasteiger partial charge in [0, 0.05) is 10.6 Å². The smallest absolute Gasteiger partial charge is 0.123 e. The zero-order valence-corrected chi connectivity index (χ0v) is 14.6. The molecule has 120 valence electrons. The largest absolute Gasteiger partial charge is 0.308 e. The number of rotatable bonds is 8. The number of nitrogens with one attached hydrogen (secondary N) is 1. The van der Waals surface area contributed by atoms with E-state index < -0.39 is 0 Å². The molecule has 1 atom stereocenters. The molecular weight excluding hydrogens is 287 g/mol. The van der Waals surface area contributed by atoms with Crippen LogP contribution in [0.1, 0.15) is 52.6 Å². The lowest BCUT2D eigenvalue weighted by Gasteiger charge is -2.44. The summed E-state index contributed by atoms with van der Waals surface area (Å²) in [4.78, 5) is 2.38. The van der Waals surface area contributed by atoms with E-state index in [1.165, 1.54) is 6.07 Å². The average Bonchev–Trinajstić information content (AvgIpc) is 2.43. The van der Waals surface area contributed by atoms with E-state index in [-0.39, 0.29) is 17.4 Å². The van der Waals surface area contributed by atoms with Gasteiger partial charge in [-0.05, 0) is 63.7 Å². The highest BCUT2D eigenvalue weighted by molar-refractivity contribution is 6.31. The number of hydrogen-bond acceptors (Lipinski definition) is 2. The maximum absolute atomic E-state index is 13.7. The minimum absolute atomic E-state index is 0.0134. The third-order valence-corrected chi connectivity index (χ3v) is 4.50. The molecule has 0 aliphatic carbocycles. The van der Waals surface area contributed by atoms with Crippen LogP contribution in [0.5, 0.6) is 0 Å². The van der Waals surface area contributed by atoms with Crippen LogP contribution in [-0.2, 0) is 0 Å². The van der Waals surface area contributed by atoms with Gasteiger partial charge in [-0.1, -0.05) is 32.4 Å². The number of nitrogens with zero attached hydrogens (tertiary/aromatic N) is 1. The van der Waals surface area contributed by atoms with Crippen molar-refractivity contribution in [2.45, 2.75) is 52.6 Å². The Balaban J connectivity index is 3.24. The van der Waals surface area contributed by atoms with Crippen molar-refractivity contribution in [3.63, 3.8) is 0 Å². The Kier molecular flexibility index (Phi) is 7.11. The molecule has 0 aliphatic heterocycles. The number of hydrogen-bond donors (Lipinski definition) is 1. The number of likely N-dealkylation sites (N-methyl/N-ethyl adjacent to an activating group) is 1. The summed E-state index contributed by atoms with van der Waals surface area (Å²) in [5.41, 5.74) is 0.679. The second-order valence-electron chi connectivity index (χ2n) is 5.88. The molecule has 0 bridgehead atoms. The first-order valence-electron chi connectivity index (χ1n) is 7.81. The van der Waals surface area contributed by atoms with Crippen molar-refractivity contribution in [1.82, 2.24) is 10.2 Å². The van der Waals surface area contributed by atoms with E-state index in [2.05, 4.69) is 44.8 Å². The monoisotopic (exact) mass is 314 g/mol. The van der Waals surface area contributed by atoms with E-state index in [1.54, 1.807) is 12.1 Å². The Labute approximate surface area is 133 Å². The topological polar surface area (TPSA) is 15.3 Å². The fraction of sp³-hybridized carbons (Fsp3) is 0.647. The van der Waals surface area contributed by atoms with E-state index in [1.807, 2.05) is 0 Å². The lowest BCUT2D eigenvalue weighted by atomic mass is 9.86. The molecule has 1 aromatic carbocycles. The molecule has 0 heterocycles. The van der Waals surface area contributed by atoms with Crippen LogP contribution in [0.2, 0.25) is 5.02 Å². The summed E-state index contributed by atoms with van der Waals surface area (Å²) in [7, 11) is 0. The van der Waals surface area contributed by atoms with Crippen molar-refractivity contribution in [2.75, 3.05) is 19.6 Å². The fourth-order valence-electron chi connectivity index (χ4n) is 2.99. The molecule has 1 N–H and O–H groups in total. The molecule has 0 saturated carbocycles. The summed E-state index contributed by atoms with van der Waals surface area (Å²) in [5.74, 6) is -0.243. The van der Waals surface area contributed by atoms with Crippen LogP contribution in [0.25, 0.3) is 0 Å². The average molecular weight is 315 g/mol. The molecule has 1 rings (SSSR count). The van der Waals surface area contributed by atoms with Gasteiger partial charge in [-0.25, -0.2) is 4.39 Å². The van der Waals surface area contributed by atoms with Gasteiger partial charge in [-0.3, -0.25) is 4.90 Å². The maximum atomic E-state index is 13.7. The predicted molar refractivity (Wildman–Crippen MR) is 89.4 cm³/mol. The molecule has 0 amide bonds. The summed E-state index contributed by atoms with van der Waals surface area (Å²) >= 11 is 6.34. The Hall–Kier alpha value is -0.640. The Bertz CT molecular complexity index is 444. The van der Waals surface area contributed by atoms with Crippen LogP contribution in [0.3, 0.4) is 0 Å². The van der Waals surface area contributed by atoms with Crippen LogP contribution in [0.15, 0.2) is 18.2 Å². The Morgan fingerprint density at radius 1 is 1.24 bits per heavy atom. The quantitative estimate of drug-likeness (QED) is 0.752. The molecule has 21 heavy (non-hydrogen) atoms. The standard InChI is InChI=1S/C17H28ClFN2/c1-6-11-20-16(17(4,5)21(7-2)8-3)14-12-13(19)9-10-15(14)18/h9-10,12,16,20H,6-8,11H2,1-5H3. The minimum atomic E-state index is -0.243. The van der Waals surface area contributed by atoms with E-state index in [0.29, 0.717) is 5.02 Å². The number of halogens is 2. The fourth-order valence-corrected chi connectivity index (χ4v) is 3.21. The summed E-state index contributed by atoms with van der Waals surface area (Å²) in [6.07, 6.45) is 1.03. The van der Waals surface area contributed by atoms with Gasteiger partial charge in [0.05, 0.1) is 6.04 Å². The second-order valence-corrected chi connectivity index (χ2v) is 6.29. The first-order chi connectivity index (χ1) is 9.88. The van der Waals surface area contributed by atoms with Gasteiger partial charge < -0.3 is 5.32 Å². The first kappa shape index (κ1) is 18.4. The second kappa shape index (κ2) is 8.11. The van der Waals surface area contributed by atoms with Gasteiger partial charge in [0.1, 0.15) is 5.82 Å². The van der Waals surface area contributed by atoms with Crippen LogP contribution >= 0.6 is 11.6 Å². The normalized spacial score (nSPS) is 13.7. The van der Waals surface area contributed by atoms with Crippen LogP contribution in [0.4, 0.5) is 4.39 Å². The third kappa shape index (κ3) is 4.41. The molecule has 0 saturated heterocycles. The van der Waals surface area contributed by atoms with Crippen molar-refractivity contribution in [3.05, 3.63) is 34.6 Å². The van der Waals surface area contributed by atoms with Crippen LogP contribution in [0, 0.1) is 5.82 Å². The molecular formula is C17H28ClFN2. The number of benzene rings is 1. The molecule has 2 nitrogen and oxygen atoms in total. The van der Waals surface area contributed by atoms with Gasteiger partial charge >= 0.3 is 0 Å². The highest BCUT2D eigenvalue weighted by Crippen LogP contribution is 2.35. The van der Waals surface area contributed by atoms with Crippen molar-refractivity contribution in [1.29, 1.82) is 0 Å². The van der Waals surface area contributed by atoms with Gasteiger partial charge in [0.15, 0.2) is 0 Å². The van der Waals surface area contributed by atoms with E-state index in [9.17, 15) is 4.39 Å². The Morgan fingerprint density at radius 2 is 1.86 bits per heavy atom. The van der Waals surface area contributed by atoms with E-state index >= 15 is 0 Å². The zero-order valence-electron chi connectivity index (χ0n) is 13.8. The molecule has 0 radical (unpaired) electrons.